The molecule has 1 aliphatic heterocycles. The molecule has 0 spiro atoms. The van der Waals surface area contributed by atoms with Gasteiger partial charge in [0.2, 0.25) is 5.91 Å². The Morgan fingerprint density at radius 1 is 1.46 bits per heavy atom. The molecule has 1 aromatic rings. The van der Waals surface area contributed by atoms with Crippen molar-refractivity contribution in [1.29, 1.82) is 0 Å². The Hall–Kier alpha value is -2.10. The van der Waals surface area contributed by atoms with Gasteiger partial charge in [0.1, 0.15) is 0 Å². The van der Waals surface area contributed by atoms with Crippen molar-refractivity contribution in [3.63, 3.8) is 0 Å². The van der Waals surface area contributed by atoms with Gasteiger partial charge in [-0.15, -0.1) is 0 Å². The van der Waals surface area contributed by atoms with E-state index in [-0.39, 0.29) is 11.9 Å². The highest BCUT2D eigenvalue weighted by atomic mass is 19.4. The Morgan fingerprint density at radius 3 is 2.50 bits per heavy atom. The Labute approximate surface area is 137 Å². The van der Waals surface area contributed by atoms with E-state index in [1.807, 2.05) is 16.9 Å². The predicted octanol–water partition coefficient (Wildman–Crippen LogP) is 1.42. The second-order valence-corrected chi connectivity index (χ2v) is 5.62. The molecule has 0 bridgehead atoms. The molecule has 0 saturated heterocycles. The van der Waals surface area contributed by atoms with Crippen LogP contribution < -0.4 is 5.32 Å². The molecule has 0 aromatic carbocycles. The van der Waals surface area contributed by atoms with Crippen molar-refractivity contribution < 1.29 is 27.9 Å². The molecule has 1 aliphatic rings. The van der Waals surface area contributed by atoms with Crippen LogP contribution in [0.2, 0.25) is 0 Å². The number of carbonyl (C=O) groups is 2. The van der Waals surface area contributed by atoms with Crippen molar-refractivity contribution in [1.82, 2.24) is 20.0 Å². The molecule has 2 rings (SSSR count). The topological polar surface area (TPSA) is 87.5 Å². The van der Waals surface area contributed by atoms with E-state index < -0.39 is 12.1 Å². The molecule has 1 aromatic heterocycles. The van der Waals surface area contributed by atoms with Gasteiger partial charge >= 0.3 is 12.1 Å². The third kappa shape index (κ3) is 5.52. The molecule has 136 valence electrons. The zero-order valence-corrected chi connectivity index (χ0v) is 13.7. The van der Waals surface area contributed by atoms with Crippen molar-refractivity contribution in [3.8, 4) is 0 Å². The molecular formula is C14H21F3N4O3. The van der Waals surface area contributed by atoms with Gasteiger partial charge in [0.15, 0.2) is 0 Å². The van der Waals surface area contributed by atoms with E-state index >= 15 is 0 Å². The van der Waals surface area contributed by atoms with E-state index in [1.165, 1.54) is 5.69 Å². The van der Waals surface area contributed by atoms with Crippen LogP contribution in [0, 0.1) is 0 Å². The Bertz CT molecular complexity index is 572. The summed E-state index contributed by atoms with van der Waals surface area (Å²) in [6.07, 6.45) is -2.77. The summed E-state index contributed by atoms with van der Waals surface area (Å²) in [5.74, 6) is -2.69. The van der Waals surface area contributed by atoms with Crippen molar-refractivity contribution in [2.45, 2.75) is 45.1 Å². The average molecular weight is 350 g/mol. The molecule has 0 fully saturated rings. The highest BCUT2D eigenvalue weighted by Gasteiger charge is 2.38. The van der Waals surface area contributed by atoms with Crippen LogP contribution in [0.25, 0.3) is 0 Å². The fraction of sp³-hybridized carbons (Fsp3) is 0.643. The van der Waals surface area contributed by atoms with Crippen LogP contribution in [0.4, 0.5) is 13.2 Å². The molecular weight excluding hydrogens is 329 g/mol. The summed E-state index contributed by atoms with van der Waals surface area (Å²) in [4.78, 5) is 22.8. The molecule has 10 heteroatoms. The lowest BCUT2D eigenvalue weighted by Gasteiger charge is -2.36. The Kier molecular flexibility index (Phi) is 6.76. The van der Waals surface area contributed by atoms with Gasteiger partial charge in [-0.3, -0.25) is 14.4 Å². The zero-order valence-electron chi connectivity index (χ0n) is 13.7. The van der Waals surface area contributed by atoms with Crippen LogP contribution in [-0.2, 0) is 16.1 Å². The fourth-order valence-corrected chi connectivity index (χ4v) is 2.28. The first-order valence-electron chi connectivity index (χ1n) is 7.33. The minimum Gasteiger partial charge on any atom is -0.475 e. The first-order chi connectivity index (χ1) is 11.1. The highest BCUT2D eigenvalue weighted by molar-refractivity contribution is 5.76. The summed E-state index contributed by atoms with van der Waals surface area (Å²) in [6.45, 7) is 6.17. The maximum atomic E-state index is 11.5. The maximum absolute atomic E-state index is 11.5. The Balaban J connectivity index is 0.000000351. The molecule has 1 atom stereocenters. The van der Waals surface area contributed by atoms with Crippen LogP contribution in [0.3, 0.4) is 0 Å². The number of halogens is 3. The van der Waals surface area contributed by atoms with Gasteiger partial charge in [-0.05, 0) is 19.9 Å². The predicted molar refractivity (Wildman–Crippen MR) is 79.2 cm³/mol. The summed E-state index contributed by atoms with van der Waals surface area (Å²) in [5, 5.41) is 14.1. The first kappa shape index (κ1) is 19.9. The second-order valence-electron chi connectivity index (χ2n) is 5.62. The minimum atomic E-state index is -5.08. The molecule has 0 radical (unpaired) electrons. The number of nitrogens with zero attached hydrogens (tertiary/aromatic N) is 3. The number of carboxylic acid groups (broad SMARTS) is 1. The number of rotatable bonds is 3. The maximum Gasteiger partial charge on any atom is 0.490 e. The standard InChI is InChI=1S/C12H20N4O.C2HF3O2/c1-9(2)15-7-10-4-5-14-16(10)11(8-15)6-12(17)13-3;3-2(4,5)1(6)7/h4-5,9,11H,6-8H2,1-3H3,(H,13,17);(H,6,7). The summed E-state index contributed by atoms with van der Waals surface area (Å²) in [5.41, 5.74) is 1.19. The molecule has 2 heterocycles. The fourth-order valence-electron chi connectivity index (χ4n) is 2.28. The molecule has 2 N–H and O–H groups in total. The number of aromatic nitrogens is 2. The number of carbonyl (C=O) groups excluding carboxylic acids is 1. The van der Waals surface area contributed by atoms with Gasteiger partial charge in [0.05, 0.1) is 18.2 Å². The number of fused-ring (bicyclic) bond motifs is 1. The van der Waals surface area contributed by atoms with Crippen molar-refractivity contribution in [3.05, 3.63) is 18.0 Å². The number of hydrogen-bond acceptors (Lipinski definition) is 4. The van der Waals surface area contributed by atoms with Crippen molar-refractivity contribution in [2.75, 3.05) is 13.6 Å². The monoisotopic (exact) mass is 350 g/mol. The van der Waals surface area contributed by atoms with E-state index in [9.17, 15) is 18.0 Å². The van der Waals surface area contributed by atoms with Crippen LogP contribution in [-0.4, -0.2) is 57.5 Å². The lowest BCUT2D eigenvalue weighted by Crippen LogP contribution is -2.42. The number of nitrogens with one attached hydrogen (secondary N) is 1. The molecule has 7 nitrogen and oxygen atoms in total. The van der Waals surface area contributed by atoms with E-state index in [1.54, 1.807) is 7.05 Å². The second kappa shape index (κ2) is 8.13. The van der Waals surface area contributed by atoms with Gasteiger partial charge in [-0.1, -0.05) is 0 Å². The third-order valence-electron chi connectivity index (χ3n) is 3.58. The number of aliphatic carboxylic acids is 1. The number of hydrogen-bond donors (Lipinski definition) is 2. The van der Waals surface area contributed by atoms with Crippen LogP contribution in [0.1, 0.15) is 32.0 Å². The average Bonchev–Trinajstić information content (AvgIpc) is 2.95. The molecule has 1 unspecified atom stereocenters. The van der Waals surface area contributed by atoms with Crippen molar-refractivity contribution >= 4 is 11.9 Å². The Morgan fingerprint density at radius 2 is 2.04 bits per heavy atom. The highest BCUT2D eigenvalue weighted by Crippen LogP contribution is 2.24. The van der Waals surface area contributed by atoms with Crippen molar-refractivity contribution in [2.24, 2.45) is 0 Å². The van der Waals surface area contributed by atoms with Crippen LogP contribution >= 0.6 is 0 Å². The molecule has 0 saturated carbocycles. The summed E-state index contributed by atoms with van der Waals surface area (Å²) in [7, 11) is 1.68. The quantitative estimate of drug-likeness (QED) is 0.861. The largest absolute Gasteiger partial charge is 0.490 e. The van der Waals surface area contributed by atoms with E-state index in [0.29, 0.717) is 12.5 Å². The lowest BCUT2D eigenvalue weighted by molar-refractivity contribution is -0.192. The van der Waals surface area contributed by atoms with Gasteiger partial charge in [0, 0.05) is 32.4 Å². The summed E-state index contributed by atoms with van der Waals surface area (Å²) < 4.78 is 33.7. The van der Waals surface area contributed by atoms with Gasteiger partial charge < -0.3 is 10.4 Å². The number of alkyl halides is 3. The number of amides is 1. The lowest BCUT2D eigenvalue weighted by atomic mass is 10.1. The normalized spacial score (nSPS) is 17.7. The number of carboxylic acids is 1. The van der Waals surface area contributed by atoms with Gasteiger partial charge in [-0.2, -0.15) is 18.3 Å². The van der Waals surface area contributed by atoms with Gasteiger partial charge in [0.25, 0.3) is 0 Å². The van der Waals surface area contributed by atoms with E-state index in [4.69, 9.17) is 9.90 Å². The van der Waals surface area contributed by atoms with E-state index in [0.717, 1.165) is 13.1 Å². The molecule has 0 aliphatic carbocycles. The SMILES string of the molecule is CNC(=O)CC1CN(C(C)C)Cc2ccnn21.O=C(O)C(F)(F)F. The third-order valence-corrected chi connectivity index (χ3v) is 3.58. The summed E-state index contributed by atoms with van der Waals surface area (Å²) in [6, 6.07) is 2.67. The van der Waals surface area contributed by atoms with Crippen LogP contribution in [0.5, 0.6) is 0 Å². The first-order valence-corrected chi connectivity index (χ1v) is 7.33. The van der Waals surface area contributed by atoms with Gasteiger partial charge in [-0.25, -0.2) is 4.79 Å². The minimum absolute atomic E-state index is 0.0713. The van der Waals surface area contributed by atoms with E-state index in [2.05, 4.69) is 29.2 Å². The molecule has 24 heavy (non-hydrogen) atoms. The molecule has 1 amide bonds. The zero-order chi connectivity index (χ0) is 18.5. The van der Waals surface area contributed by atoms with Crippen LogP contribution in [0.15, 0.2) is 12.3 Å². The smallest absolute Gasteiger partial charge is 0.475 e. The summed E-state index contributed by atoms with van der Waals surface area (Å²) >= 11 is 0.